The van der Waals surface area contributed by atoms with Gasteiger partial charge in [0, 0.05) is 12.1 Å². The molecule has 0 bridgehead atoms. The number of hydrogen-bond donors (Lipinski definition) is 2. The molecular weight excluding hydrogens is 430 g/mol. The highest BCUT2D eigenvalue weighted by atomic mass is 16.6. The summed E-state index contributed by atoms with van der Waals surface area (Å²) in [6, 6.07) is 5.28. The van der Waals surface area contributed by atoms with Crippen molar-refractivity contribution < 1.29 is 19.1 Å². The first-order valence-corrected chi connectivity index (χ1v) is 12.6. The van der Waals surface area contributed by atoms with Gasteiger partial charge in [-0.2, -0.15) is 0 Å². The molecule has 2 aliphatic carbocycles. The van der Waals surface area contributed by atoms with Crippen molar-refractivity contribution in [1.29, 1.82) is 0 Å². The lowest BCUT2D eigenvalue weighted by molar-refractivity contribution is -0.141. The van der Waals surface area contributed by atoms with Crippen molar-refractivity contribution in [2.45, 2.75) is 104 Å². The molecule has 0 saturated heterocycles. The molecule has 3 atom stereocenters. The zero-order chi connectivity index (χ0) is 25.0. The summed E-state index contributed by atoms with van der Waals surface area (Å²) >= 11 is 0. The largest absolute Gasteiger partial charge is 0.444 e. The number of ether oxygens (including phenoxy) is 1. The minimum Gasteiger partial charge on any atom is -0.444 e. The first-order valence-electron chi connectivity index (χ1n) is 12.6. The molecule has 7 nitrogen and oxygen atoms in total. The second-order valence-electron chi connectivity index (χ2n) is 11.0. The third kappa shape index (κ3) is 6.73. The van der Waals surface area contributed by atoms with Crippen molar-refractivity contribution in [3.8, 4) is 0 Å². The number of amides is 3. The van der Waals surface area contributed by atoms with Gasteiger partial charge in [-0.25, -0.2) is 4.79 Å². The summed E-state index contributed by atoms with van der Waals surface area (Å²) in [5, 5.41) is 5.83. The van der Waals surface area contributed by atoms with Crippen molar-refractivity contribution >= 4 is 17.9 Å². The van der Waals surface area contributed by atoms with Crippen LogP contribution < -0.4 is 10.6 Å². The second-order valence-corrected chi connectivity index (χ2v) is 11.0. The van der Waals surface area contributed by atoms with E-state index in [1.807, 2.05) is 32.0 Å². The molecule has 0 heterocycles. The maximum Gasteiger partial charge on any atom is 0.408 e. The molecule has 0 aromatic heterocycles. The van der Waals surface area contributed by atoms with E-state index in [-0.39, 0.29) is 30.4 Å². The Kier molecular flexibility index (Phi) is 8.26. The number of hydrogen-bond acceptors (Lipinski definition) is 4. The summed E-state index contributed by atoms with van der Waals surface area (Å²) in [5.41, 5.74) is 2.28. The molecule has 2 N–H and O–H groups in total. The zero-order valence-electron chi connectivity index (χ0n) is 21.6. The van der Waals surface area contributed by atoms with Crippen molar-refractivity contribution in [1.82, 2.24) is 15.5 Å². The van der Waals surface area contributed by atoms with E-state index < -0.39 is 17.7 Å². The summed E-state index contributed by atoms with van der Waals surface area (Å²) < 4.78 is 5.29. The van der Waals surface area contributed by atoms with E-state index in [2.05, 4.69) is 17.6 Å². The molecule has 2 fully saturated rings. The lowest BCUT2D eigenvalue weighted by Gasteiger charge is -2.35. The highest BCUT2D eigenvalue weighted by Gasteiger charge is 2.47. The van der Waals surface area contributed by atoms with Crippen LogP contribution in [-0.4, -0.2) is 47.0 Å². The Hall–Kier alpha value is -2.57. The molecule has 34 heavy (non-hydrogen) atoms. The number of nitrogens with zero attached hydrogens (tertiary/aromatic N) is 1. The van der Waals surface area contributed by atoms with E-state index in [0.29, 0.717) is 5.92 Å². The normalized spacial score (nSPS) is 21.4. The fourth-order valence-corrected chi connectivity index (χ4v) is 4.78. The van der Waals surface area contributed by atoms with Crippen molar-refractivity contribution in [2.75, 3.05) is 6.54 Å². The molecule has 1 aromatic carbocycles. The van der Waals surface area contributed by atoms with Crippen LogP contribution in [0.5, 0.6) is 0 Å². The van der Waals surface area contributed by atoms with Gasteiger partial charge in [-0.1, -0.05) is 44.4 Å². The van der Waals surface area contributed by atoms with Gasteiger partial charge in [0.15, 0.2) is 0 Å². The molecule has 3 rings (SSSR count). The van der Waals surface area contributed by atoms with Gasteiger partial charge in [0.25, 0.3) is 0 Å². The molecule has 2 aliphatic rings. The molecular formula is C27H41N3O4. The zero-order valence-corrected chi connectivity index (χ0v) is 21.6. The van der Waals surface area contributed by atoms with Gasteiger partial charge in [-0.3, -0.25) is 9.59 Å². The smallest absolute Gasteiger partial charge is 0.408 e. The summed E-state index contributed by atoms with van der Waals surface area (Å²) in [5.74, 6) is -0.101. The Labute approximate surface area is 204 Å². The summed E-state index contributed by atoms with van der Waals surface area (Å²) in [7, 11) is 0. The summed E-state index contributed by atoms with van der Waals surface area (Å²) in [6.07, 6.45) is 5.57. The molecule has 188 valence electrons. The average molecular weight is 472 g/mol. The van der Waals surface area contributed by atoms with Crippen LogP contribution in [0.2, 0.25) is 0 Å². The number of nitrogens with one attached hydrogen (secondary N) is 2. The predicted molar refractivity (Wildman–Crippen MR) is 132 cm³/mol. The topological polar surface area (TPSA) is 87.7 Å². The quantitative estimate of drug-likeness (QED) is 0.610. The predicted octanol–water partition coefficient (Wildman–Crippen LogP) is 4.56. The van der Waals surface area contributed by atoms with Crippen LogP contribution in [0.4, 0.5) is 4.79 Å². The van der Waals surface area contributed by atoms with Gasteiger partial charge >= 0.3 is 6.09 Å². The van der Waals surface area contributed by atoms with Crippen LogP contribution in [0, 0.1) is 19.8 Å². The molecule has 2 saturated carbocycles. The van der Waals surface area contributed by atoms with Crippen molar-refractivity contribution in [2.24, 2.45) is 5.92 Å². The molecule has 1 aromatic rings. The van der Waals surface area contributed by atoms with E-state index >= 15 is 0 Å². The molecule has 0 radical (unpaired) electrons. The van der Waals surface area contributed by atoms with E-state index in [0.717, 1.165) is 48.8 Å². The summed E-state index contributed by atoms with van der Waals surface area (Å²) in [4.78, 5) is 41.2. The average Bonchev–Trinajstić information content (AvgIpc) is 3.47. The van der Waals surface area contributed by atoms with E-state index in [1.165, 1.54) is 6.42 Å². The van der Waals surface area contributed by atoms with E-state index in [9.17, 15) is 14.4 Å². The number of carbonyl (C=O) groups is 3. The highest BCUT2D eigenvalue weighted by molar-refractivity contribution is 5.91. The minimum absolute atomic E-state index is 0.0324. The molecule has 0 spiro atoms. The molecule has 7 heteroatoms. The minimum atomic E-state index is -0.732. The van der Waals surface area contributed by atoms with E-state index in [1.54, 1.807) is 25.7 Å². The van der Waals surface area contributed by atoms with Gasteiger partial charge in [0.05, 0.1) is 0 Å². The van der Waals surface area contributed by atoms with Crippen LogP contribution in [0.1, 0.15) is 89.0 Å². The van der Waals surface area contributed by atoms with Gasteiger partial charge in [0.1, 0.15) is 18.2 Å². The van der Waals surface area contributed by atoms with Gasteiger partial charge in [-0.05, 0) is 76.5 Å². The maximum atomic E-state index is 13.8. The first kappa shape index (κ1) is 26.0. The van der Waals surface area contributed by atoms with Crippen molar-refractivity contribution in [3.63, 3.8) is 0 Å². The molecule has 3 amide bonds. The number of alkyl carbamates (subject to hydrolysis) is 1. The van der Waals surface area contributed by atoms with Crippen LogP contribution >= 0.6 is 0 Å². The van der Waals surface area contributed by atoms with Gasteiger partial charge < -0.3 is 20.3 Å². The fraction of sp³-hybridized carbons (Fsp3) is 0.667. The highest BCUT2D eigenvalue weighted by Crippen LogP contribution is 2.41. The maximum absolute atomic E-state index is 13.8. The van der Waals surface area contributed by atoms with Crippen LogP contribution in [-0.2, 0) is 14.3 Å². The Morgan fingerprint density at radius 3 is 2.35 bits per heavy atom. The lowest BCUT2D eigenvalue weighted by atomic mass is 9.92. The van der Waals surface area contributed by atoms with Crippen LogP contribution in [0.3, 0.4) is 0 Å². The third-order valence-corrected chi connectivity index (χ3v) is 6.91. The Morgan fingerprint density at radius 1 is 1.12 bits per heavy atom. The van der Waals surface area contributed by atoms with Gasteiger partial charge in [0.2, 0.25) is 11.8 Å². The Balaban J connectivity index is 1.88. The fourth-order valence-electron chi connectivity index (χ4n) is 4.78. The number of carbonyl (C=O) groups excluding carboxylic acids is 3. The standard InChI is InChI=1S/C27H41N3O4/c1-17-11-10-14-21(19(17)3)24(25(32)29-20-12-8-7-9-13-20)30(22-15-18(22)2)23(31)16-28-26(33)34-27(4,5)6/h10-11,14,18,20,22,24H,7-9,12-13,15-16H2,1-6H3,(H,28,33)(H,29,32). The van der Waals surface area contributed by atoms with E-state index in [4.69, 9.17) is 4.74 Å². The lowest BCUT2D eigenvalue weighted by Crippen LogP contribution is -2.51. The first-order chi connectivity index (χ1) is 16.0. The molecule has 0 aliphatic heterocycles. The van der Waals surface area contributed by atoms with Crippen LogP contribution in [0.15, 0.2) is 18.2 Å². The summed E-state index contributed by atoms with van der Waals surface area (Å²) in [6.45, 7) is 11.2. The Morgan fingerprint density at radius 2 is 1.76 bits per heavy atom. The molecule has 3 unspecified atom stereocenters. The third-order valence-electron chi connectivity index (χ3n) is 6.91. The second kappa shape index (κ2) is 10.8. The monoisotopic (exact) mass is 471 g/mol. The Bertz CT molecular complexity index is 902. The van der Waals surface area contributed by atoms with Crippen molar-refractivity contribution in [3.05, 3.63) is 34.9 Å². The van der Waals surface area contributed by atoms with Gasteiger partial charge in [-0.15, -0.1) is 0 Å². The number of rotatable bonds is 7. The SMILES string of the molecule is Cc1cccc(C(C(=O)NC2CCCCC2)N(C(=O)CNC(=O)OC(C)(C)C)C2CC2C)c1C. The number of aryl methyl sites for hydroxylation is 1. The van der Waals surface area contributed by atoms with Crippen LogP contribution in [0.25, 0.3) is 0 Å². The number of benzene rings is 1.